The second kappa shape index (κ2) is 6.51. The van der Waals surface area contributed by atoms with Crippen molar-refractivity contribution in [3.05, 3.63) is 70.0 Å². The van der Waals surface area contributed by atoms with Crippen molar-refractivity contribution in [2.24, 2.45) is 0 Å². The van der Waals surface area contributed by atoms with Gasteiger partial charge in [-0.25, -0.2) is 4.68 Å². The van der Waals surface area contributed by atoms with Crippen molar-refractivity contribution >= 4 is 11.6 Å². The minimum atomic E-state index is -0.248. The van der Waals surface area contributed by atoms with E-state index in [1.54, 1.807) is 4.68 Å². The summed E-state index contributed by atoms with van der Waals surface area (Å²) in [6.07, 6.45) is 0. The molecule has 0 saturated heterocycles. The Morgan fingerprint density at radius 3 is 2.36 bits per heavy atom. The Morgan fingerprint density at radius 2 is 1.68 bits per heavy atom. The first-order valence-electron chi connectivity index (χ1n) is 8.25. The van der Waals surface area contributed by atoms with Crippen molar-refractivity contribution in [2.45, 2.75) is 34.6 Å². The number of aryl methyl sites for hydroxylation is 3. The van der Waals surface area contributed by atoms with Crippen LogP contribution in [0, 0.1) is 34.6 Å². The molecule has 1 aromatic heterocycles. The number of carbonyl (C=O) groups excluding carboxylic acids is 1. The molecule has 1 amide bonds. The molecule has 0 fully saturated rings. The minimum Gasteiger partial charge on any atom is -0.320 e. The predicted molar refractivity (Wildman–Crippen MR) is 99.4 cm³/mol. The maximum Gasteiger partial charge on any atom is 0.278 e. The van der Waals surface area contributed by atoms with Crippen molar-refractivity contribution in [1.82, 2.24) is 15.0 Å². The highest BCUT2D eigenvalue weighted by atomic mass is 16.2. The van der Waals surface area contributed by atoms with E-state index in [1.807, 2.05) is 65.0 Å². The number of nitrogens with one attached hydrogen (secondary N) is 1. The van der Waals surface area contributed by atoms with Crippen LogP contribution in [0.1, 0.15) is 38.4 Å². The number of benzene rings is 2. The van der Waals surface area contributed by atoms with Crippen LogP contribution in [0.4, 0.5) is 5.69 Å². The maximum absolute atomic E-state index is 12.7. The molecule has 0 aliphatic carbocycles. The summed E-state index contributed by atoms with van der Waals surface area (Å²) in [6.45, 7) is 9.94. The topological polar surface area (TPSA) is 59.8 Å². The monoisotopic (exact) mass is 334 g/mol. The summed E-state index contributed by atoms with van der Waals surface area (Å²) in [4.78, 5) is 12.7. The molecule has 128 valence electrons. The molecule has 2 aromatic carbocycles. The Morgan fingerprint density at radius 1 is 1.00 bits per heavy atom. The summed E-state index contributed by atoms with van der Waals surface area (Å²) in [5, 5.41) is 11.2. The summed E-state index contributed by atoms with van der Waals surface area (Å²) in [5.41, 5.74) is 7.23. The number of carbonyl (C=O) groups is 1. The molecule has 0 atom stereocenters. The molecule has 0 radical (unpaired) electrons. The second-order valence-electron chi connectivity index (χ2n) is 6.48. The zero-order valence-electron chi connectivity index (χ0n) is 15.2. The van der Waals surface area contributed by atoms with Gasteiger partial charge >= 0.3 is 0 Å². The second-order valence-corrected chi connectivity index (χ2v) is 6.48. The Hall–Kier alpha value is -2.95. The quantitative estimate of drug-likeness (QED) is 0.786. The van der Waals surface area contributed by atoms with Gasteiger partial charge in [-0.1, -0.05) is 23.4 Å². The van der Waals surface area contributed by atoms with Crippen LogP contribution in [-0.4, -0.2) is 20.9 Å². The largest absolute Gasteiger partial charge is 0.320 e. The van der Waals surface area contributed by atoms with Gasteiger partial charge in [-0.3, -0.25) is 4.79 Å². The lowest BCUT2D eigenvalue weighted by Crippen LogP contribution is -2.15. The van der Waals surface area contributed by atoms with Gasteiger partial charge in [0.2, 0.25) is 0 Å². The number of aromatic nitrogens is 3. The zero-order chi connectivity index (χ0) is 18.1. The van der Waals surface area contributed by atoms with Gasteiger partial charge in [0.1, 0.15) is 0 Å². The van der Waals surface area contributed by atoms with Crippen LogP contribution in [-0.2, 0) is 0 Å². The van der Waals surface area contributed by atoms with E-state index in [1.165, 1.54) is 0 Å². The van der Waals surface area contributed by atoms with Crippen molar-refractivity contribution in [1.29, 1.82) is 0 Å². The molecule has 0 aliphatic heterocycles. The molecule has 0 unspecified atom stereocenters. The molecule has 0 saturated carbocycles. The molecule has 5 heteroatoms. The third kappa shape index (κ3) is 3.31. The van der Waals surface area contributed by atoms with Crippen LogP contribution in [0.5, 0.6) is 0 Å². The van der Waals surface area contributed by atoms with E-state index in [0.29, 0.717) is 11.4 Å². The van der Waals surface area contributed by atoms with Crippen LogP contribution in [0.2, 0.25) is 0 Å². The van der Waals surface area contributed by atoms with Gasteiger partial charge in [-0.05, 0) is 75.1 Å². The first-order chi connectivity index (χ1) is 11.9. The lowest BCUT2D eigenvalue weighted by molar-refractivity contribution is 0.102. The smallest absolute Gasteiger partial charge is 0.278 e. The zero-order valence-corrected chi connectivity index (χ0v) is 15.2. The van der Waals surface area contributed by atoms with E-state index >= 15 is 0 Å². The van der Waals surface area contributed by atoms with Crippen molar-refractivity contribution < 1.29 is 4.79 Å². The SMILES string of the molecule is Cc1cc(C)cc(-n2nnc(C(=O)Nc3cccc(C)c3C)c2C)c1. The molecule has 1 heterocycles. The van der Waals surface area contributed by atoms with Gasteiger partial charge in [0.05, 0.1) is 11.4 Å². The van der Waals surface area contributed by atoms with Gasteiger partial charge in [0.15, 0.2) is 5.69 Å². The average Bonchev–Trinajstić information content (AvgIpc) is 2.92. The molecular formula is C20H22N4O. The third-order valence-corrected chi connectivity index (χ3v) is 4.41. The summed E-state index contributed by atoms with van der Waals surface area (Å²) < 4.78 is 1.71. The molecule has 25 heavy (non-hydrogen) atoms. The van der Waals surface area contributed by atoms with Gasteiger partial charge < -0.3 is 5.32 Å². The molecule has 3 rings (SSSR count). The molecule has 1 N–H and O–H groups in total. The van der Waals surface area contributed by atoms with E-state index in [4.69, 9.17) is 0 Å². The minimum absolute atomic E-state index is 0.248. The number of rotatable bonds is 3. The maximum atomic E-state index is 12.7. The summed E-state index contributed by atoms with van der Waals surface area (Å²) in [7, 11) is 0. The number of hydrogen-bond acceptors (Lipinski definition) is 3. The van der Waals surface area contributed by atoms with Crippen molar-refractivity contribution in [3.63, 3.8) is 0 Å². The number of hydrogen-bond donors (Lipinski definition) is 1. The van der Waals surface area contributed by atoms with Gasteiger partial charge in [0, 0.05) is 5.69 Å². The molecule has 0 spiro atoms. The van der Waals surface area contributed by atoms with Crippen LogP contribution in [0.15, 0.2) is 36.4 Å². The third-order valence-electron chi connectivity index (χ3n) is 4.41. The first kappa shape index (κ1) is 16.9. The van der Waals surface area contributed by atoms with Crippen molar-refractivity contribution in [3.8, 4) is 5.69 Å². The summed E-state index contributed by atoms with van der Waals surface area (Å²) in [5.74, 6) is -0.248. The number of nitrogens with zero attached hydrogens (tertiary/aromatic N) is 3. The van der Waals surface area contributed by atoms with Crippen molar-refractivity contribution in [2.75, 3.05) is 5.32 Å². The average molecular weight is 334 g/mol. The standard InChI is InChI=1S/C20H22N4O/c1-12-9-13(2)11-17(10-12)24-16(5)19(22-23-24)20(25)21-18-8-6-7-14(3)15(18)4/h6-11H,1-5H3,(H,21,25). The van der Waals surface area contributed by atoms with Crippen LogP contribution in [0.3, 0.4) is 0 Å². The molecule has 3 aromatic rings. The normalized spacial score (nSPS) is 10.8. The van der Waals surface area contributed by atoms with E-state index in [2.05, 4.69) is 21.7 Å². The lowest BCUT2D eigenvalue weighted by atomic mass is 10.1. The van der Waals surface area contributed by atoms with E-state index in [0.717, 1.165) is 33.6 Å². The fourth-order valence-electron chi connectivity index (χ4n) is 2.93. The summed E-state index contributed by atoms with van der Waals surface area (Å²) in [6, 6.07) is 12.0. The fourth-order valence-corrected chi connectivity index (χ4v) is 2.93. The molecule has 0 aliphatic rings. The Kier molecular flexibility index (Phi) is 4.40. The highest BCUT2D eigenvalue weighted by Crippen LogP contribution is 2.20. The molecule has 0 bridgehead atoms. The molecular weight excluding hydrogens is 312 g/mol. The first-order valence-corrected chi connectivity index (χ1v) is 8.25. The van der Waals surface area contributed by atoms with Crippen LogP contribution < -0.4 is 5.32 Å². The van der Waals surface area contributed by atoms with E-state index in [9.17, 15) is 4.79 Å². The van der Waals surface area contributed by atoms with Crippen LogP contribution in [0.25, 0.3) is 5.69 Å². The Labute approximate surface area is 147 Å². The van der Waals surface area contributed by atoms with Gasteiger partial charge in [-0.15, -0.1) is 5.10 Å². The van der Waals surface area contributed by atoms with Gasteiger partial charge in [-0.2, -0.15) is 0 Å². The van der Waals surface area contributed by atoms with E-state index in [-0.39, 0.29) is 5.91 Å². The summed E-state index contributed by atoms with van der Waals surface area (Å²) >= 11 is 0. The lowest BCUT2D eigenvalue weighted by Gasteiger charge is -2.10. The Bertz CT molecular complexity index is 936. The highest BCUT2D eigenvalue weighted by molar-refractivity contribution is 6.04. The highest BCUT2D eigenvalue weighted by Gasteiger charge is 2.18. The number of amides is 1. The molecule has 5 nitrogen and oxygen atoms in total. The number of anilines is 1. The fraction of sp³-hybridized carbons (Fsp3) is 0.250. The van der Waals surface area contributed by atoms with Crippen LogP contribution >= 0.6 is 0 Å². The van der Waals surface area contributed by atoms with E-state index < -0.39 is 0 Å². The van der Waals surface area contributed by atoms with Gasteiger partial charge in [0.25, 0.3) is 5.91 Å². The Balaban J connectivity index is 1.93. The predicted octanol–water partition coefficient (Wildman–Crippen LogP) is 4.06.